The summed E-state index contributed by atoms with van der Waals surface area (Å²) in [7, 11) is 0. The maximum absolute atomic E-state index is 6.49. The van der Waals surface area contributed by atoms with Gasteiger partial charge in [-0.2, -0.15) is 4.98 Å². The number of nitrogens with one attached hydrogen (secondary N) is 1. The topological polar surface area (TPSA) is 94.1 Å². The zero-order valence-electron chi connectivity index (χ0n) is 17.4. The molecule has 1 aliphatic rings. The number of morpholine rings is 1. The highest BCUT2D eigenvalue weighted by molar-refractivity contribution is 5.99. The van der Waals surface area contributed by atoms with Crippen LogP contribution in [0.1, 0.15) is 20.8 Å². The molecule has 0 saturated carbocycles. The Morgan fingerprint density at radius 1 is 1.10 bits per heavy atom. The smallest absolute Gasteiger partial charge is 0.225 e. The number of aromatic nitrogens is 4. The standard InChI is InChI=1S/C21H29N7O/c1-21(2,3)28-18(22)16-17(15-7-5-4-6-8-15)24-20(25-19(16)26-28)23-9-10-27-11-13-29-14-12-27/h4-8H,9-14,22H2,1-3H3,(H,23,25,26). The molecule has 0 radical (unpaired) electrons. The van der Waals surface area contributed by atoms with E-state index >= 15 is 0 Å². The van der Waals surface area contributed by atoms with Crippen molar-refractivity contribution in [1.29, 1.82) is 0 Å². The molecule has 8 heteroatoms. The Morgan fingerprint density at radius 3 is 2.52 bits per heavy atom. The van der Waals surface area contributed by atoms with E-state index in [2.05, 4.69) is 36.0 Å². The minimum absolute atomic E-state index is 0.247. The number of ether oxygens (including phenoxy) is 1. The molecule has 1 fully saturated rings. The van der Waals surface area contributed by atoms with Gasteiger partial charge >= 0.3 is 0 Å². The first kappa shape index (κ1) is 19.6. The Balaban J connectivity index is 1.68. The number of anilines is 2. The second-order valence-electron chi connectivity index (χ2n) is 8.31. The first-order valence-electron chi connectivity index (χ1n) is 10.1. The van der Waals surface area contributed by atoms with E-state index in [1.54, 1.807) is 0 Å². The molecular weight excluding hydrogens is 366 g/mol. The maximum atomic E-state index is 6.49. The predicted octanol–water partition coefficient (Wildman–Crippen LogP) is 2.57. The molecule has 8 nitrogen and oxygen atoms in total. The fraction of sp³-hybridized carbons (Fsp3) is 0.476. The third-order valence-corrected chi connectivity index (χ3v) is 5.07. The van der Waals surface area contributed by atoms with Crippen LogP contribution in [0, 0.1) is 0 Å². The molecule has 1 saturated heterocycles. The Hall–Kier alpha value is -2.71. The lowest BCUT2D eigenvalue weighted by atomic mass is 10.1. The molecule has 154 valence electrons. The second kappa shape index (κ2) is 7.96. The zero-order chi connectivity index (χ0) is 20.4. The van der Waals surface area contributed by atoms with Crippen LogP contribution >= 0.6 is 0 Å². The summed E-state index contributed by atoms with van der Waals surface area (Å²) in [6.07, 6.45) is 0. The summed E-state index contributed by atoms with van der Waals surface area (Å²) >= 11 is 0. The summed E-state index contributed by atoms with van der Waals surface area (Å²) in [6, 6.07) is 10.1. The van der Waals surface area contributed by atoms with Crippen molar-refractivity contribution >= 4 is 22.8 Å². The van der Waals surface area contributed by atoms with Crippen molar-refractivity contribution in [2.24, 2.45) is 0 Å². The van der Waals surface area contributed by atoms with E-state index in [9.17, 15) is 0 Å². The fourth-order valence-corrected chi connectivity index (χ4v) is 3.56. The van der Waals surface area contributed by atoms with Gasteiger partial charge in [0.25, 0.3) is 0 Å². The van der Waals surface area contributed by atoms with Gasteiger partial charge in [-0.15, -0.1) is 5.10 Å². The van der Waals surface area contributed by atoms with Crippen molar-refractivity contribution in [1.82, 2.24) is 24.6 Å². The molecule has 1 aromatic carbocycles. The molecule has 0 unspecified atom stereocenters. The van der Waals surface area contributed by atoms with E-state index in [4.69, 9.17) is 20.6 Å². The van der Waals surface area contributed by atoms with Crippen molar-refractivity contribution < 1.29 is 4.74 Å². The summed E-state index contributed by atoms with van der Waals surface area (Å²) in [5.41, 5.74) is 8.66. The Morgan fingerprint density at radius 2 is 1.83 bits per heavy atom. The Bertz CT molecular complexity index is 972. The largest absolute Gasteiger partial charge is 0.383 e. The van der Waals surface area contributed by atoms with Gasteiger partial charge in [0.1, 0.15) is 5.82 Å². The van der Waals surface area contributed by atoms with Crippen LogP contribution in [-0.4, -0.2) is 64.0 Å². The number of nitrogens with zero attached hydrogens (tertiary/aromatic N) is 5. The first-order chi connectivity index (χ1) is 13.9. The number of rotatable bonds is 5. The average molecular weight is 396 g/mol. The highest BCUT2D eigenvalue weighted by Gasteiger charge is 2.24. The summed E-state index contributed by atoms with van der Waals surface area (Å²) in [6.45, 7) is 11.4. The normalized spacial score (nSPS) is 15.7. The molecular formula is C21H29N7O. The van der Waals surface area contributed by atoms with Crippen LogP contribution < -0.4 is 11.1 Å². The lowest BCUT2D eigenvalue weighted by molar-refractivity contribution is 0.0398. The SMILES string of the molecule is CC(C)(C)n1nc2nc(NCCN3CCOCC3)nc(-c3ccccc3)c2c1N. The van der Waals surface area contributed by atoms with Crippen LogP contribution in [0.2, 0.25) is 0 Å². The predicted molar refractivity (Wildman–Crippen MR) is 116 cm³/mol. The van der Waals surface area contributed by atoms with Crippen molar-refractivity contribution in [3.8, 4) is 11.3 Å². The van der Waals surface area contributed by atoms with E-state index in [0.29, 0.717) is 17.4 Å². The number of hydrogen-bond acceptors (Lipinski definition) is 7. The highest BCUT2D eigenvalue weighted by Crippen LogP contribution is 2.33. The minimum atomic E-state index is -0.247. The van der Waals surface area contributed by atoms with Crippen molar-refractivity contribution in [2.45, 2.75) is 26.3 Å². The van der Waals surface area contributed by atoms with Gasteiger partial charge in [0.15, 0.2) is 5.65 Å². The fourth-order valence-electron chi connectivity index (χ4n) is 3.56. The molecule has 2 aromatic heterocycles. The number of hydrogen-bond donors (Lipinski definition) is 2. The van der Waals surface area contributed by atoms with Gasteiger partial charge < -0.3 is 15.8 Å². The third-order valence-electron chi connectivity index (χ3n) is 5.07. The van der Waals surface area contributed by atoms with Crippen LogP contribution in [0.15, 0.2) is 30.3 Å². The number of nitrogen functional groups attached to an aromatic ring is 1. The molecule has 3 N–H and O–H groups in total. The van der Waals surface area contributed by atoms with Gasteiger partial charge in [0.2, 0.25) is 5.95 Å². The lowest BCUT2D eigenvalue weighted by Crippen LogP contribution is -2.39. The van der Waals surface area contributed by atoms with Gasteiger partial charge in [0, 0.05) is 31.7 Å². The summed E-state index contributed by atoms with van der Waals surface area (Å²) < 4.78 is 7.24. The zero-order valence-corrected chi connectivity index (χ0v) is 17.4. The molecule has 29 heavy (non-hydrogen) atoms. The monoisotopic (exact) mass is 395 g/mol. The van der Waals surface area contributed by atoms with Crippen LogP contribution in [0.3, 0.4) is 0 Å². The lowest BCUT2D eigenvalue weighted by Gasteiger charge is -2.26. The molecule has 1 aliphatic heterocycles. The van der Waals surface area contributed by atoms with Crippen LogP contribution in [0.5, 0.6) is 0 Å². The molecule has 0 aliphatic carbocycles. The van der Waals surface area contributed by atoms with E-state index in [1.165, 1.54) is 0 Å². The van der Waals surface area contributed by atoms with Gasteiger partial charge in [-0.1, -0.05) is 30.3 Å². The van der Waals surface area contributed by atoms with E-state index < -0.39 is 0 Å². The number of nitrogens with two attached hydrogens (primary N) is 1. The summed E-state index contributed by atoms with van der Waals surface area (Å²) in [5.74, 6) is 1.16. The summed E-state index contributed by atoms with van der Waals surface area (Å²) in [5, 5.41) is 8.86. The van der Waals surface area contributed by atoms with E-state index in [0.717, 1.165) is 56.0 Å². The highest BCUT2D eigenvalue weighted by atomic mass is 16.5. The number of fused-ring (bicyclic) bond motifs is 1. The minimum Gasteiger partial charge on any atom is -0.383 e. The van der Waals surface area contributed by atoms with Crippen molar-refractivity contribution in [2.75, 3.05) is 50.4 Å². The molecule has 3 heterocycles. The first-order valence-corrected chi connectivity index (χ1v) is 10.1. The second-order valence-corrected chi connectivity index (χ2v) is 8.31. The molecule has 3 aromatic rings. The van der Waals surface area contributed by atoms with E-state index in [-0.39, 0.29) is 5.54 Å². The van der Waals surface area contributed by atoms with E-state index in [1.807, 2.05) is 35.0 Å². The van der Waals surface area contributed by atoms with Gasteiger partial charge in [0.05, 0.1) is 29.8 Å². The van der Waals surface area contributed by atoms with Gasteiger partial charge in [-0.25, -0.2) is 9.67 Å². The summed E-state index contributed by atoms with van der Waals surface area (Å²) in [4.78, 5) is 11.8. The molecule has 4 rings (SSSR count). The molecule has 0 amide bonds. The maximum Gasteiger partial charge on any atom is 0.225 e. The quantitative estimate of drug-likeness (QED) is 0.686. The Kier molecular flexibility index (Phi) is 5.38. The van der Waals surface area contributed by atoms with Gasteiger partial charge in [-0.3, -0.25) is 4.90 Å². The molecule has 0 spiro atoms. The Labute approximate surface area is 171 Å². The van der Waals surface area contributed by atoms with Crippen LogP contribution in [0.4, 0.5) is 11.8 Å². The van der Waals surface area contributed by atoms with Crippen molar-refractivity contribution in [3.63, 3.8) is 0 Å². The molecule has 0 bridgehead atoms. The number of benzene rings is 1. The average Bonchev–Trinajstić information content (AvgIpc) is 3.06. The van der Waals surface area contributed by atoms with Crippen molar-refractivity contribution in [3.05, 3.63) is 30.3 Å². The van der Waals surface area contributed by atoms with Gasteiger partial charge in [-0.05, 0) is 20.8 Å². The molecule has 0 atom stereocenters. The third kappa shape index (κ3) is 4.18. The van der Waals surface area contributed by atoms with Crippen LogP contribution in [-0.2, 0) is 10.3 Å². The van der Waals surface area contributed by atoms with Crippen LogP contribution in [0.25, 0.3) is 22.3 Å².